The number of aliphatic imine (C=N–C) groups is 1. The van der Waals surface area contributed by atoms with Crippen LogP contribution in [0.4, 0.5) is 0 Å². The summed E-state index contributed by atoms with van der Waals surface area (Å²) in [4.78, 5) is 19.1. The summed E-state index contributed by atoms with van der Waals surface area (Å²) in [5, 5.41) is 9.69. The molecule has 0 aromatic carbocycles. The van der Waals surface area contributed by atoms with Crippen LogP contribution >= 0.6 is 0 Å². The number of piperidine rings is 1. The molecule has 1 aliphatic carbocycles. The number of amides is 1. The van der Waals surface area contributed by atoms with Gasteiger partial charge < -0.3 is 20.4 Å². The summed E-state index contributed by atoms with van der Waals surface area (Å²) in [6, 6.07) is 4.61. The molecular weight excluding hydrogens is 354 g/mol. The highest BCUT2D eigenvalue weighted by atomic mass is 16.3. The second-order valence-corrected chi connectivity index (χ2v) is 7.72. The SMILES string of the molecule is CCNC(=NCC(c1ccco1)N1CCCCC1)NCCCC(=O)NC1CC1. The molecule has 1 aliphatic heterocycles. The van der Waals surface area contributed by atoms with Crippen molar-refractivity contribution in [3.8, 4) is 0 Å². The minimum Gasteiger partial charge on any atom is -0.468 e. The summed E-state index contributed by atoms with van der Waals surface area (Å²) in [7, 11) is 0. The molecule has 3 rings (SSSR count). The summed E-state index contributed by atoms with van der Waals surface area (Å²) < 4.78 is 5.71. The van der Waals surface area contributed by atoms with E-state index in [-0.39, 0.29) is 11.9 Å². The molecule has 1 unspecified atom stereocenters. The zero-order chi connectivity index (χ0) is 19.6. The molecule has 0 spiro atoms. The number of hydrogen-bond acceptors (Lipinski definition) is 4. The first kappa shape index (κ1) is 20.7. The Balaban J connectivity index is 1.49. The summed E-state index contributed by atoms with van der Waals surface area (Å²) >= 11 is 0. The molecule has 7 nitrogen and oxygen atoms in total. The van der Waals surface area contributed by atoms with Gasteiger partial charge in [-0.25, -0.2) is 0 Å². The highest BCUT2D eigenvalue weighted by Crippen LogP contribution is 2.25. The van der Waals surface area contributed by atoms with Crippen molar-refractivity contribution in [1.29, 1.82) is 0 Å². The first-order valence-corrected chi connectivity index (χ1v) is 10.8. The van der Waals surface area contributed by atoms with Crippen molar-refractivity contribution in [3.05, 3.63) is 24.2 Å². The number of nitrogens with zero attached hydrogens (tertiary/aromatic N) is 2. The fraction of sp³-hybridized carbons (Fsp3) is 0.714. The largest absolute Gasteiger partial charge is 0.468 e. The maximum Gasteiger partial charge on any atom is 0.220 e. The van der Waals surface area contributed by atoms with Crippen molar-refractivity contribution in [2.75, 3.05) is 32.7 Å². The Morgan fingerprint density at radius 1 is 1.29 bits per heavy atom. The van der Waals surface area contributed by atoms with Gasteiger partial charge in [-0.1, -0.05) is 6.42 Å². The maximum absolute atomic E-state index is 11.8. The van der Waals surface area contributed by atoms with E-state index in [0.717, 1.165) is 57.2 Å². The van der Waals surface area contributed by atoms with Crippen molar-refractivity contribution in [2.24, 2.45) is 4.99 Å². The number of rotatable bonds is 10. The van der Waals surface area contributed by atoms with Gasteiger partial charge in [-0.2, -0.15) is 0 Å². The first-order chi connectivity index (χ1) is 13.8. The number of nitrogens with one attached hydrogen (secondary N) is 3. The van der Waals surface area contributed by atoms with Crippen molar-refractivity contribution in [2.45, 2.75) is 64.0 Å². The van der Waals surface area contributed by atoms with Gasteiger partial charge in [0.15, 0.2) is 5.96 Å². The van der Waals surface area contributed by atoms with E-state index in [0.29, 0.717) is 19.0 Å². The second-order valence-electron chi connectivity index (χ2n) is 7.72. The van der Waals surface area contributed by atoms with Crippen LogP contribution in [0.1, 0.15) is 63.7 Å². The number of likely N-dealkylation sites (tertiary alicyclic amines) is 1. The van der Waals surface area contributed by atoms with Crippen LogP contribution < -0.4 is 16.0 Å². The zero-order valence-corrected chi connectivity index (χ0v) is 17.1. The number of hydrogen-bond donors (Lipinski definition) is 3. The molecule has 0 radical (unpaired) electrons. The van der Waals surface area contributed by atoms with Crippen LogP contribution in [0.3, 0.4) is 0 Å². The highest BCUT2D eigenvalue weighted by Gasteiger charge is 2.24. The monoisotopic (exact) mass is 389 g/mol. The van der Waals surface area contributed by atoms with E-state index in [9.17, 15) is 4.79 Å². The lowest BCUT2D eigenvalue weighted by atomic mass is 10.1. The predicted molar refractivity (Wildman–Crippen MR) is 111 cm³/mol. The van der Waals surface area contributed by atoms with Crippen molar-refractivity contribution < 1.29 is 9.21 Å². The average Bonchev–Trinajstić information content (AvgIpc) is 3.35. The number of carbonyl (C=O) groups is 1. The molecule has 156 valence electrons. The van der Waals surface area contributed by atoms with Crippen LogP contribution in [0.15, 0.2) is 27.8 Å². The lowest BCUT2D eigenvalue weighted by Crippen LogP contribution is -2.40. The molecule has 2 aliphatic rings. The van der Waals surface area contributed by atoms with E-state index in [4.69, 9.17) is 9.41 Å². The molecule has 7 heteroatoms. The Bertz CT molecular complexity index is 606. The van der Waals surface area contributed by atoms with Gasteiger partial charge in [-0.05, 0) is 64.3 Å². The molecular formula is C21H35N5O2. The van der Waals surface area contributed by atoms with Crippen LogP contribution in [0, 0.1) is 0 Å². The van der Waals surface area contributed by atoms with Crippen LogP contribution in [-0.2, 0) is 4.79 Å². The number of guanidine groups is 1. The summed E-state index contributed by atoms with van der Waals surface area (Å²) in [5.41, 5.74) is 0. The van der Waals surface area contributed by atoms with Crippen LogP contribution in [0.25, 0.3) is 0 Å². The van der Waals surface area contributed by atoms with Crippen LogP contribution in [0.5, 0.6) is 0 Å². The van der Waals surface area contributed by atoms with Gasteiger partial charge in [-0.15, -0.1) is 0 Å². The first-order valence-electron chi connectivity index (χ1n) is 10.8. The Hall–Kier alpha value is -2.02. The quantitative estimate of drug-likeness (QED) is 0.325. The summed E-state index contributed by atoms with van der Waals surface area (Å²) in [6.45, 7) is 6.46. The number of furan rings is 1. The Morgan fingerprint density at radius 3 is 2.79 bits per heavy atom. The minimum atomic E-state index is 0.161. The zero-order valence-electron chi connectivity index (χ0n) is 17.1. The van der Waals surface area contributed by atoms with E-state index in [2.05, 4.69) is 27.8 Å². The molecule has 1 aromatic heterocycles. The fourth-order valence-electron chi connectivity index (χ4n) is 3.60. The topological polar surface area (TPSA) is 81.9 Å². The predicted octanol–water partition coefficient (Wildman–Crippen LogP) is 2.42. The Labute approximate surface area is 168 Å². The van der Waals surface area contributed by atoms with E-state index in [1.165, 1.54) is 19.3 Å². The molecule has 28 heavy (non-hydrogen) atoms. The van der Waals surface area contributed by atoms with Crippen molar-refractivity contribution in [1.82, 2.24) is 20.9 Å². The van der Waals surface area contributed by atoms with Gasteiger partial charge in [-0.3, -0.25) is 14.7 Å². The maximum atomic E-state index is 11.8. The van der Waals surface area contributed by atoms with Gasteiger partial charge >= 0.3 is 0 Å². The standard InChI is InChI=1S/C21H35N5O2/c1-2-22-21(23-12-6-9-20(27)25-17-10-11-17)24-16-18(19-8-7-15-28-19)26-13-4-3-5-14-26/h7-8,15,17-18H,2-6,9-14,16H2,1H3,(H,25,27)(H2,22,23,24). The smallest absolute Gasteiger partial charge is 0.220 e. The van der Waals surface area contributed by atoms with Gasteiger partial charge in [0, 0.05) is 25.6 Å². The molecule has 2 fully saturated rings. The second kappa shape index (κ2) is 11.1. The third kappa shape index (κ3) is 6.86. The third-order valence-electron chi connectivity index (χ3n) is 5.29. The van der Waals surface area contributed by atoms with E-state index in [1.807, 2.05) is 12.1 Å². The molecule has 1 atom stereocenters. The summed E-state index contributed by atoms with van der Waals surface area (Å²) in [5.74, 6) is 1.95. The normalized spacial score (nSPS) is 19.2. The van der Waals surface area contributed by atoms with Crippen molar-refractivity contribution >= 4 is 11.9 Å². The molecule has 1 saturated heterocycles. The minimum absolute atomic E-state index is 0.161. The summed E-state index contributed by atoms with van der Waals surface area (Å²) in [6.07, 6.45) is 9.16. The molecule has 0 bridgehead atoms. The van der Waals surface area contributed by atoms with Gasteiger partial charge in [0.05, 0.1) is 18.8 Å². The van der Waals surface area contributed by atoms with Gasteiger partial charge in [0.25, 0.3) is 0 Å². The molecule has 1 saturated carbocycles. The molecule has 1 aromatic rings. The van der Waals surface area contributed by atoms with Crippen LogP contribution in [-0.4, -0.2) is 55.5 Å². The van der Waals surface area contributed by atoms with Crippen LogP contribution in [0.2, 0.25) is 0 Å². The van der Waals surface area contributed by atoms with E-state index >= 15 is 0 Å². The van der Waals surface area contributed by atoms with Crippen molar-refractivity contribution in [3.63, 3.8) is 0 Å². The fourth-order valence-corrected chi connectivity index (χ4v) is 3.60. The number of carbonyl (C=O) groups excluding carboxylic acids is 1. The van der Waals surface area contributed by atoms with E-state index < -0.39 is 0 Å². The van der Waals surface area contributed by atoms with Gasteiger partial charge in [0.2, 0.25) is 5.91 Å². The Morgan fingerprint density at radius 2 is 2.11 bits per heavy atom. The highest BCUT2D eigenvalue weighted by molar-refractivity contribution is 5.80. The average molecular weight is 390 g/mol. The lowest BCUT2D eigenvalue weighted by molar-refractivity contribution is -0.121. The Kier molecular flexibility index (Phi) is 8.21. The van der Waals surface area contributed by atoms with E-state index in [1.54, 1.807) is 6.26 Å². The molecule has 1 amide bonds. The third-order valence-corrected chi connectivity index (χ3v) is 5.29. The molecule has 2 heterocycles. The van der Waals surface area contributed by atoms with Gasteiger partial charge in [0.1, 0.15) is 5.76 Å². The molecule has 3 N–H and O–H groups in total. The lowest BCUT2D eigenvalue weighted by Gasteiger charge is -2.32.